The van der Waals surface area contributed by atoms with Crippen molar-refractivity contribution in [2.24, 2.45) is 5.10 Å². The Kier molecular flexibility index (Phi) is 2.04. The number of nitrogens with one attached hydrogen (secondary N) is 2. The van der Waals surface area contributed by atoms with Gasteiger partial charge in [0, 0.05) is 0 Å². The van der Waals surface area contributed by atoms with Gasteiger partial charge in [-0.05, 0) is 6.42 Å². The van der Waals surface area contributed by atoms with E-state index in [2.05, 4.69) is 28.6 Å². The maximum absolute atomic E-state index is 10.6. The molecule has 0 saturated heterocycles. The molecule has 2 amide bonds. The SMILES string of the molecule is C=CCC1[C]=NNC(=O)N1. The third-order valence-corrected chi connectivity index (χ3v) is 1.09. The summed E-state index contributed by atoms with van der Waals surface area (Å²) in [7, 11) is 0. The highest BCUT2D eigenvalue weighted by molar-refractivity contribution is 5.83. The fraction of sp³-hybridized carbons (Fsp3) is 0.333. The van der Waals surface area contributed by atoms with Crippen molar-refractivity contribution >= 4 is 12.2 Å². The van der Waals surface area contributed by atoms with E-state index in [4.69, 9.17) is 0 Å². The lowest BCUT2D eigenvalue weighted by Crippen LogP contribution is -2.45. The summed E-state index contributed by atoms with van der Waals surface area (Å²) in [5.74, 6) is 0. The van der Waals surface area contributed by atoms with Crippen molar-refractivity contribution < 1.29 is 4.79 Å². The van der Waals surface area contributed by atoms with Gasteiger partial charge in [0.15, 0.2) is 0 Å². The zero-order valence-electron chi connectivity index (χ0n) is 5.42. The molecule has 2 N–H and O–H groups in total. The first kappa shape index (κ1) is 6.80. The van der Waals surface area contributed by atoms with Crippen molar-refractivity contribution in [1.82, 2.24) is 10.7 Å². The van der Waals surface area contributed by atoms with Crippen LogP contribution >= 0.6 is 0 Å². The van der Waals surface area contributed by atoms with Gasteiger partial charge in [-0.1, -0.05) is 6.08 Å². The van der Waals surface area contributed by atoms with Gasteiger partial charge in [0.25, 0.3) is 0 Å². The Morgan fingerprint density at radius 1 is 1.90 bits per heavy atom. The largest absolute Gasteiger partial charge is 0.335 e. The second-order valence-electron chi connectivity index (χ2n) is 1.90. The number of carbonyl (C=O) groups is 1. The van der Waals surface area contributed by atoms with E-state index in [1.165, 1.54) is 0 Å². The van der Waals surface area contributed by atoms with E-state index in [1.807, 2.05) is 0 Å². The lowest BCUT2D eigenvalue weighted by Gasteiger charge is -2.14. The molecule has 0 fully saturated rings. The fourth-order valence-corrected chi connectivity index (χ4v) is 0.662. The number of hydrogen-bond donors (Lipinski definition) is 2. The first-order valence-corrected chi connectivity index (χ1v) is 2.95. The highest BCUT2D eigenvalue weighted by atomic mass is 16.2. The maximum atomic E-state index is 10.6. The van der Waals surface area contributed by atoms with Gasteiger partial charge in [-0.3, -0.25) is 0 Å². The van der Waals surface area contributed by atoms with Crippen LogP contribution in [0.3, 0.4) is 0 Å². The zero-order chi connectivity index (χ0) is 7.40. The zero-order valence-corrected chi connectivity index (χ0v) is 5.42. The molecule has 1 unspecified atom stereocenters. The minimum absolute atomic E-state index is 0.119. The predicted molar refractivity (Wildman–Crippen MR) is 37.7 cm³/mol. The average Bonchev–Trinajstić information content (AvgIpc) is 1.88. The van der Waals surface area contributed by atoms with Crippen LogP contribution in [0.1, 0.15) is 6.42 Å². The Bertz CT molecular complexity index is 176. The number of nitrogens with zero attached hydrogens (tertiary/aromatic N) is 1. The number of hydrogen-bond acceptors (Lipinski definition) is 2. The minimum Gasteiger partial charge on any atom is -0.328 e. The molecule has 1 atom stereocenters. The molecule has 1 heterocycles. The molecule has 0 aromatic rings. The second kappa shape index (κ2) is 3.00. The van der Waals surface area contributed by atoms with E-state index >= 15 is 0 Å². The Balaban J connectivity index is 2.46. The summed E-state index contributed by atoms with van der Waals surface area (Å²) in [6.07, 6.45) is 5.03. The van der Waals surface area contributed by atoms with Crippen molar-refractivity contribution in [2.75, 3.05) is 0 Å². The maximum Gasteiger partial charge on any atom is 0.335 e. The van der Waals surface area contributed by atoms with Crippen LogP contribution in [0.2, 0.25) is 0 Å². The van der Waals surface area contributed by atoms with Gasteiger partial charge < -0.3 is 5.32 Å². The molecule has 10 heavy (non-hydrogen) atoms. The third kappa shape index (κ3) is 1.58. The first-order valence-electron chi connectivity index (χ1n) is 2.95. The molecule has 1 aliphatic rings. The molecular weight excluding hydrogens is 130 g/mol. The molecule has 53 valence electrons. The highest BCUT2D eigenvalue weighted by Gasteiger charge is 2.11. The first-order chi connectivity index (χ1) is 4.83. The Morgan fingerprint density at radius 2 is 2.70 bits per heavy atom. The van der Waals surface area contributed by atoms with Crippen molar-refractivity contribution in [3.8, 4) is 0 Å². The molecular formula is C6H8N3O. The third-order valence-electron chi connectivity index (χ3n) is 1.09. The lowest BCUT2D eigenvalue weighted by atomic mass is 10.2. The van der Waals surface area contributed by atoms with Gasteiger partial charge in [0.2, 0.25) is 0 Å². The van der Waals surface area contributed by atoms with E-state index in [0.717, 1.165) is 0 Å². The van der Waals surface area contributed by atoms with Crippen molar-refractivity contribution in [2.45, 2.75) is 12.5 Å². The second-order valence-corrected chi connectivity index (χ2v) is 1.90. The Morgan fingerprint density at radius 3 is 3.30 bits per heavy atom. The van der Waals surface area contributed by atoms with E-state index in [1.54, 1.807) is 6.08 Å². The Labute approximate surface area is 59.0 Å². The highest BCUT2D eigenvalue weighted by Crippen LogP contribution is 1.91. The molecule has 0 spiro atoms. The normalized spacial score (nSPS) is 23.2. The quantitative estimate of drug-likeness (QED) is 0.523. The molecule has 0 aromatic carbocycles. The summed E-state index contributed by atoms with van der Waals surface area (Å²) in [5.41, 5.74) is 2.20. The molecule has 1 radical (unpaired) electrons. The summed E-state index contributed by atoms with van der Waals surface area (Å²) >= 11 is 0. The minimum atomic E-state index is -0.286. The van der Waals surface area contributed by atoms with Crippen molar-refractivity contribution in [1.29, 1.82) is 0 Å². The summed E-state index contributed by atoms with van der Waals surface area (Å²) in [6.45, 7) is 3.53. The van der Waals surface area contributed by atoms with Crippen molar-refractivity contribution in [3.63, 3.8) is 0 Å². The van der Waals surface area contributed by atoms with Gasteiger partial charge in [0.1, 0.15) is 6.21 Å². The van der Waals surface area contributed by atoms with Crippen LogP contribution in [0.25, 0.3) is 0 Å². The van der Waals surface area contributed by atoms with Gasteiger partial charge in [-0.25, -0.2) is 10.2 Å². The topological polar surface area (TPSA) is 53.5 Å². The van der Waals surface area contributed by atoms with E-state index in [0.29, 0.717) is 6.42 Å². The van der Waals surface area contributed by atoms with Gasteiger partial charge in [-0.2, -0.15) is 5.10 Å². The standard InChI is InChI=1S/C6H8N3O/c1-2-3-5-4-7-9-6(10)8-5/h2,5H,1,3H2,(H2,8,9,10). The number of hydrazone groups is 1. The van der Waals surface area contributed by atoms with Gasteiger partial charge in [0.05, 0.1) is 6.04 Å². The number of rotatable bonds is 2. The molecule has 4 nitrogen and oxygen atoms in total. The monoisotopic (exact) mass is 138 g/mol. The Hall–Kier alpha value is -1.32. The molecule has 1 rings (SSSR count). The van der Waals surface area contributed by atoms with Crippen LogP contribution in [-0.4, -0.2) is 18.3 Å². The number of amides is 2. The van der Waals surface area contributed by atoms with Crippen LogP contribution in [0, 0.1) is 0 Å². The fourth-order valence-electron chi connectivity index (χ4n) is 0.662. The van der Waals surface area contributed by atoms with E-state index in [-0.39, 0.29) is 12.1 Å². The van der Waals surface area contributed by atoms with E-state index < -0.39 is 0 Å². The molecule has 0 aromatic heterocycles. The predicted octanol–water partition coefficient (Wildman–Crippen LogP) is 0.107. The van der Waals surface area contributed by atoms with Crippen LogP contribution in [0.15, 0.2) is 17.8 Å². The summed E-state index contributed by atoms with van der Waals surface area (Å²) in [5, 5.41) is 6.09. The molecule has 1 aliphatic heterocycles. The smallest absolute Gasteiger partial charge is 0.328 e. The molecule has 0 saturated carbocycles. The summed E-state index contributed by atoms with van der Waals surface area (Å²) in [4.78, 5) is 10.6. The summed E-state index contributed by atoms with van der Waals surface area (Å²) in [6, 6.07) is -0.406. The van der Waals surface area contributed by atoms with Gasteiger partial charge in [-0.15, -0.1) is 6.58 Å². The number of urea groups is 1. The number of carbonyl (C=O) groups excluding carboxylic acids is 1. The van der Waals surface area contributed by atoms with Crippen LogP contribution in [0.4, 0.5) is 4.79 Å². The molecule has 0 bridgehead atoms. The van der Waals surface area contributed by atoms with Crippen LogP contribution in [-0.2, 0) is 0 Å². The molecule has 4 heteroatoms. The summed E-state index contributed by atoms with van der Waals surface area (Å²) < 4.78 is 0. The average molecular weight is 138 g/mol. The molecule has 0 aliphatic carbocycles. The van der Waals surface area contributed by atoms with Crippen LogP contribution in [0.5, 0.6) is 0 Å². The van der Waals surface area contributed by atoms with Crippen molar-refractivity contribution in [3.05, 3.63) is 12.7 Å². The van der Waals surface area contributed by atoms with E-state index in [9.17, 15) is 4.79 Å². The lowest BCUT2D eigenvalue weighted by molar-refractivity contribution is 0.238. The van der Waals surface area contributed by atoms with Gasteiger partial charge >= 0.3 is 6.03 Å². The van der Waals surface area contributed by atoms with Crippen LogP contribution < -0.4 is 10.7 Å².